The quantitative estimate of drug-likeness (QED) is 0.617. The largest absolute Gasteiger partial charge is 0.497 e. The third kappa shape index (κ3) is 4.55. The third-order valence-corrected chi connectivity index (χ3v) is 4.10. The zero-order chi connectivity index (χ0) is 20.8. The van der Waals surface area contributed by atoms with Gasteiger partial charge >= 0.3 is 5.97 Å². The highest BCUT2D eigenvalue weighted by molar-refractivity contribution is 6.06. The van der Waals surface area contributed by atoms with Crippen LogP contribution in [0, 0.1) is 0 Å². The van der Waals surface area contributed by atoms with Crippen molar-refractivity contribution >= 4 is 17.6 Å². The fourth-order valence-corrected chi connectivity index (χ4v) is 2.69. The molecule has 0 unspecified atom stereocenters. The predicted molar refractivity (Wildman–Crippen MR) is 107 cm³/mol. The minimum atomic E-state index is -0.484. The van der Waals surface area contributed by atoms with Gasteiger partial charge in [0.2, 0.25) is 0 Å². The van der Waals surface area contributed by atoms with E-state index < -0.39 is 5.97 Å². The lowest BCUT2D eigenvalue weighted by molar-refractivity contribution is 0.0519. The number of aromatic nitrogens is 2. The molecular formula is C21H21N3O5. The van der Waals surface area contributed by atoms with Gasteiger partial charge in [-0.05, 0) is 43.3 Å². The van der Waals surface area contributed by atoms with Gasteiger partial charge in [-0.25, -0.2) is 9.48 Å². The fraction of sp³-hybridized carbons (Fsp3) is 0.190. The molecule has 3 rings (SSSR count). The summed E-state index contributed by atoms with van der Waals surface area (Å²) < 4.78 is 16.9. The molecule has 3 aromatic rings. The maximum atomic E-state index is 12.7. The zero-order valence-electron chi connectivity index (χ0n) is 16.3. The van der Waals surface area contributed by atoms with E-state index in [1.165, 1.54) is 11.8 Å². The number of anilines is 1. The lowest BCUT2D eigenvalue weighted by Gasteiger charge is -2.11. The second-order valence-corrected chi connectivity index (χ2v) is 5.94. The molecule has 0 atom stereocenters. The summed E-state index contributed by atoms with van der Waals surface area (Å²) >= 11 is 0. The van der Waals surface area contributed by atoms with E-state index in [2.05, 4.69) is 10.4 Å². The summed E-state index contributed by atoms with van der Waals surface area (Å²) in [6.07, 6.45) is 1.65. The number of methoxy groups -OCH3 is 2. The van der Waals surface area contributed by atoms with Crippen LogP contribution >= 0.6 is 0 Å². The van der Waals surface area contributed by atoms with Crippen molar-refractivity contribution < 1.29 is 23.8 Å². The van der Waals surface area contributed by atoms with Gasteiger partial charge in [-0.3, -0.25) is 4.79 Å². The predicted octanol–water partition coefficient (Wildman–Crippen LogP) is 3.32. The van der Waals surface area contributed by atoms with Crippen LogP contribution in [0.3, 0.4) is 0 Å². The molecule has 8 nitrogen and oxygen atoms in total. The smallest absolute Gasteiger partial charge is 0.358 e. The Morgan fingerprint density at radius 2 is 1.90 bits per heavy atom. The van der Waals surface area contributed by atoms with Gasteiger partial charge in [-0.1, -0.05) is 6.07 Å². The number of hydrogen-bond donors (Lipinski definition) is 1. The number of carbonyl (C=O) groups is 2. The average Bonchev–Trinajstić information content (AvgIpc) is 3.24. The first-order valence-electron chi connectivity index (χ1n) is 8.92. The van der Waals surface area contributed by atoms with Crippen LogP contribution in [0.4, 0.5) is 5.69 Å². The first-order chi connectivity index (χ1) is 14.0. The van der Waals surface area contributed by atoms with Crippen molar-refractivity contribution in [2.45, 2.75) is 6.92 Å². The number of rotatable bonds is 7. The van der Waals surface area contributed by atoms with Crippen LogP contribution in [0.15, 0.2) is 54.7 Å². The van der Waals surface area contributed by atoms with Crippen LogP contribution in [0.2, 0.25) is 0 Å². The standard InChI is InChI=1S/C21H21N3O5/c1-4-29-21(26)18-10-11-24(23-18)15-7-5-6-14(12-15)22-20(25)17-9-8-16(27-2)13-19(17)28-3/h5-13H,4H2,1-3H3,(H,22,25). The Morgan fingerprint density at radius 1 is 1.07 bits per heavy atom. The Morgan fingerprint density at radius 3 is 2.62 bits per heavy atom. The molecule has 0 spiro atoms. The molecule has 0 aliphatic rings. The first-order valence-corrected chi connectivity index (χ1v) is 8.92. The highest BCUT2D eigenvalue weighted by Gasteiger charge is 2.15. The molecule has 1 amide bonds. The lowest BCUT2D eigenvalue weighted by Crippen LogP contribution is -2.13. The third-order valence-electron chi connectivity index (χ3n) is 4.10. The molecule has 0 aliphatic carbocycles. The van der Waals surface area contributed by atoms with E-state index in [-0.39, 0.29) is 18.2 Å². The Labute approximate surface area is 168 Å². The van der Waals surface area contributed by atoms with E-state index in [1.54, 1.807) is 62.7 Å². The number of benzene rings is 2. The topological polar surface area (TPSA) is 91.7 Å². The molecule has 29 heavy (non-hydrogen) atoms. The van der Waals surface area contributed by atoms with Gasteiger partial charge in [-0.2, -0.15) is 5.10 Å². The summed E-state index contributed by atoms with van der Waals surface area (Å²) in [5.74, 6) is 0.192. The Balaban J connectivity index is 1.80. The molecular weight excluding hydrogens is 374 g/mol. The van der Waals surface area contributed by atoms with E-state index in [0.717, 1.165) is 0 Å². The number of nitrogens with zero attached hydrogens (tertiary/aromatic N) is 2. The fourth-order valence-electron chi connectivity index (χ4n) is 2.69. The van der Waals surface area contributed by atoms with Gasteiger partial charge in [0, 0.05) is 18.0 Å². The number of amides is 1. The van der Waals surface area contributed by atoms with Crippen LogP contribution in [0.5, 0.6) is 11.5 Å². The summed E-state index contributed by atoms with van der Waals surface area (Å²) in [6, 6.07) is 13.6. The minimum Gasteiger partial charge on any atom is -0.497 e. The van der Waals surface area contributed by atoms with Gasteiger partial charge in [-0.15, -0.1) is 0 Å². The van der Waals surface area contributed by atoms with Crippen LogP contribution in [-0.4, -0.2) is 42.5 Å². The summed E-state index contributed by atoms with van der Waals surface area (Å²) in [7, 11) is 3.04. The number of ether oxygens (including phenoxy) is 3. The SMILES string of the molecule is CCOC(=O)c1ccn(-c2cccc(NC(=O)c3ccc(OC)cc3OC)c2)n1. The van der Waals surface area contributed by atoms with Crippen molar-refractivity contribution in [2.75, 3.05) is 26.1 Å². The average molecular weight is 395 g/mol. The molecule has 150 valence electrons. The molecule has 1 N–H and O–H groups in total. The second kappa shape index (κ2) is 8.92. The van der Waals surface area contributed by atoms with Gasteiger partial charge < -0.3 is 19.5 Å². The van der Waals surface area contributed by atoms with Crippen molar-refractivity contribution in [3.05, 3.63) is 66.0 Å². The first kappa shape index (κ1) is 19.9. The Bertz CT molecular complexity index is 1030. The van der Waals surface area contributed by atoms with Crippen LogP contribution < -0.4 is 14.8 Å². The molecule has 0 saturated heterocycles. The number of hydrogen-bond acceptors (Lipinski definition) is 6. The van der Waals surface area contributed by atoms with E-state index >= 15 is 0 Å². The van der Waals surface area contributed by atoms with Gasteiger partial charge in [0.1, 0.15) is 11.5 Å². The van der Waals surface area contributed by atoms with Crippen molar-refractivity contribution in [3.8, 4) is 17.2 Å². The summed E-state index contributed by atoms with van der Waals surface area (Å²) in [4.78, 5) is 24.5. The van der Waals surface area contributed by atoms with E-state index in [4.69, 9.17) is 14.2 Å². The lowest BCUT2D eigenvalue weighted by atomic mass is 10.1. The highest BCUT2D eigenvalue weighted by Crippen LogP contribution is 2.25. The zero-order valence-corrected chi connectivity index (χ0v) is 16.3. The van der Waals surface area contributed by atoms with Crippen molar-refractivity contribution in [3.63, 3.8) is 0 Å². The van der Waals surface area contributed by atoms with Crippen molar-refractivity contribution in [1.82, 2.24) is 9.78 Å². The normalized spacial score (nSPS) is 10.3. The van der Waals surface area contributed by atoms with Gasteiger partial charge in [0.15, 0.2) is 5.69 Å². The van der Waals surface area contributed by atoms with Crippen molar-refractivity contribution in [1.29, 1.82) is 0 Å². The van der Waals surface area contributed by atoms with E-state index in [0.29, 0.717) is 28.4 Å². The number of nitrogens with one attached hydrogen (secondary N) is 1. The van der Waals surface area contributed by atoms with E-state index in [1.807, 2.05) is 6.07 Å². The second-order valence-electron chi connectivity index (χ2n) is 5.94. The number of esters is 1. The molecule has 1 heterocycles. The minimum absolute atomic E-state index is 0.212. The molecule has 8 heteroatoms. The molecule has 2 aromatic carbocycles. The van der Waals surface area contributed by atoms with Crippen molar-refractivity contribution in [2.24, 2.45) is 0 Å². The molecule has 0 radical (unpaired) electrons. The summed E-state index contributed by atoms with van der Waals surface area (Å²) in [5, 5.41) is 7.06. The monoisotopic (exact) mass is 395 g/mol. The molecule has 0 saturated carbocycles. The highest BCUT2D eigenvalue weighted by atomic mass is 16.5. The van der Waals surface area contributed by atoms with Crippen LogP contribution in [0.25, 0.3) is 5.69 Å². The number of carbonyl (C=O) groups excluding carboxylic acids is 2. The molecule has 1 aromatic heterocycles. The maximum absolute atomic E-state index is 12.7. The Kier molecular flexibility index (Phi) is 6.13. The maximum Gasteiger partial charge on any atom is 0.358 e. The molecule has 0 fully saturated rings. The summed E-state index contributed by atoms with van der Waals surface area (Å²) in [6.45, 7) is 2.01. The van der Waals surface area contributed by atoms with Gasteiger partial charge in [0.25, 0.3) is 5.91 Å². The van der Waals surface area contributed by atoms with E-state index in [9.17, 15) is 9.59 Å². The van der Waals surface area contributed by atoms with Gasteiger partial charge in [0.05, 0.1) is 32.1 Å². The van der Waals surface area contributed by atoms with Crippen LogP contribution in [0.1, 0.15) is 27.8 Å². The summed E-state index contributed by atoms with van der Waals surface area (Å²) in [5.41, 5.74) is 1.84. The Hall–Kier alpha value is -3.81. The molecule has 0 aliphatic heterocycles. The molecule has 0 bridgehead atoms. The van der Waals surface area contributed by atoms with Crippen LogP contribution in [-0.2, 0) is 4.74 Å².